The van der Waals surface area contributed by atoms with E-state index < -0.39 is 0 Å². The monoisotopic (exact) mass is 326 g/mol. The summed E-state index contributed by atoms with van der Waals surface area (Å²) in [6.07, 6.45) is 1.46. The topological polar surface area (TPSA) is 80.9 Å². The van der Waals surface area contributed by atoms with E-state index in [2.05, 4.69) is 31.2 Å². The van der Waals surface area contributed by atoms with Crippen molar-refractivity contribution in [3.05, 3.63) is 45.7 Å². The van der Waals surface area contributed by atoms with E-state index in [1.165, 1.54) is 12.3 Å². The van der Waals surface area contributed by atoms with Crippen LogP contribution in [0.15, 0.2) is 34.9 Å². The van der Waals surface area contributed by atoms with Crippen LogP contribution in [0.2, 0.25) is 5.15 Å². The molecular formula is C11H8BrClN4O. The van der Waals surface area contributed by atoms with Gasteiger partial charge in [-0.25, -0.2) is 9.97 Å². The number of amides is 1. The molecule has 0 aliphatic carbocycles. The normalized spacial score (nSPS) is 10.1. The minimum atomic E-state index is -0.364. The first-order valence-electron chi connectivity index (χ1n) is 4.92. The number of carbonyl (C=O) groups is 1. The maximum Gasteiger partial charge on any atom is 0.259 e. The Kier molecular flexibility index (Phi) is 3.78. The Bertz CT molecular complexity index is 605. The molecule has 0 fully saturated rings. The first kappa shape index (κ1) is 12.8. The number of nitrogens with zero attached hydrogens (tertiary/aromatic N) is 2. The van der Waals surface area contributed by atoms with Crippen molar-refractivity contribution in [2.45, 2.75) is 0 Å². The fourth-order valence-electron chi connectivity index (χ4n) is 1.29. The third-order valence-corrected chi connectivity index (χ3v) is 3.22. The van der Waals surface area contributed by atoms with Crippen LogP contribution in [-0.2, 0) is 0 Å². The predicted octanol–water partition coefficient (Wildman–Crippen LogP) is 2.73. The van der Waals surface area contributed by atoms with Gasteiger partial charge in [0.2, 0.25) is 5.95 Å². The molecule has 0 unspecified atom stereocenters. The van der Waals surface area contributed by atoms with Crippen molar-refractivity contribution in [2.75, 3.05) is 11.1 Å². The number of nitrogens with two attached hydrogens (primary N) is 1. The summed E-state index contributed by atoms with van der Waals surface area (Å²) in [6, 6.07) is 6.54. The molecule has 5 nitrogen and oxygen atoms in total. The smallest absolute Gasteiger partial charge is 0.259 e. The highest BCUT2D eigenvalue weighted by Crippen LogP contribution is 2.24. The summed E-state index contributed by atoms with van der Waals surface area (Å²) in [5, 5.41) is 2.79. The van der Waals surface area contributed by atoms with Gasteiger partial charge in [0.1, 0.15) is 5.15 Å². The molecule has 0 atom stereocenters. The molecule has 1 aromatic heterocycles. The molecule has 3 N–H and O–H groups in total. The second kappa shape index (κ2) is 5.32. The van der Waals surface area contributed by atoms with Crippen LogP contribution in [0.5, 0.6) is 0 Å². The Morgan fingerprint density at radius 3 is 2.89 bits per heavy atom. The number of hydrogen-bond donors (Lipinski definition) is 2. The molecular weight excluding hydrogens is 320 g/mol. The zero-order chi connectivity index (χ0) is 13.1. The number of anilines is 2. The van der Waals surface area contributed by atoms with Crippen LogP contribution < -0.4 is 11.1 Å². The number of nitrogens with one attached hydrogen (secondary N) is 1. The van der Waals surface area contributed by atoms with Gasteiger partial charge in [0.05, 0.1) is 10.0 Å². The van der Waals surface area contributed by atoms with Crippen LogP contribution in [0.25, 0.3) is 0 Å². The average molecular weight is 328 g/mol. The number of rotatable bonds is 2. The summed E-state index contributed by atoms with van der Waals surface area (Å²) in [5.74, 6) is -0.224. The van der Waals surface area contributed by atoms with Crippen LogP contribution in [0.3, 0.4) is 0 Å². The van der Waals surface area contributed by atoms with Gasteiger partial charge >= 0.3 is 0 Å². The summed E-state index contributed by atoms with van der Waals surface area (Å²) < 4.78 is 0.532. The van der Waals surface area contributed by atoms with E-state index in [1.807, 2.05) is 0 Å². The molecule has 0 aliphatic rings. The third kappa shape index (κ3) is 2.77. The van der Waals surface area contributed by atoms with E-state index in [-0.39, 0.29) is 17.0 Å². The largest absolute Gasteiger partial charge is 0.398 e. The van der Waals surface area contributed by atoms with Crippen LogP contribution >= 0.6 is 27.5 Å². The Morgan fingerprint density at radius 1 is 1.39 bits per heavy atom. The molecule has 18 heavy (non-hydrogen) atoms. The van der Waals surface area contributed by atoms with E-state index >= 15 is 0 Å². The summed E-state index contributed by atoms with van der Waals surface area (Å²) >= 11 is 8.96. The standard InChI is InChI=1S/C11H8BrClN4O/c12-9-6(2-1-3-7(9)14)10(18)17-11-15-5-4-8(13)16-11/h1-5H,14H2,(H,15,16,17,18). The number of carbonyl (C=O) groups excluding carboxylic acids is 1. The van der Waals surface area contributed by atoms with Gasteiger partial charge in [0, 0.05) is 11.9 Å². The second-order valence-electron chi connectivity index (χ2n) is 3.37. The van der Waals surface area contributed by atoms with Gasteiger partial charge in [-0.1, -0.05) is 17.7 Å². The lowest BCUT2D eigenvalue weighted by Gasteiger charge is -2.07. The van der Waals surface area contributed by atoms with Gasteiger partial charge in [-0.2, -0.15) is 0 Å². The van der Waals surface area contributed by atoms with E-state index in [0.29, 0.717) is 15.7 Å². The Balaban J connectivity index is 2.25. The molecule has 0 saturated heterocycles. The van der Waals surface area contributed by atoms with Crippen LogP contribution in [0, 0.1) is 0 Å². The lowest BCUT2D eigenvalue weighted by Crippen LogP contribution is -2.15. The molecule has 2 rings (SSSR count). The van der Waals surface area contributed by atoms with Crippen LogP contribution in [0.1, 0.15) is 10.4 Å². The van der Waals surface area contributed by atoms with Crippen molar-refractivity contribution in [3.63, 3.8) is 0 Å². The highest BCUT2D eigenvalue weighted by atomic mass is 79.9. The fourth-order valence-corrected chi connectivity index (χ4v) is 1.87. The number of aromatic nitrogens is 2. The van der Waals surface area contributed by atoms with E-state index in [1.54, 1.807) is 18.2 Å². The zero-order valence-corrected chi connectivity index (χ0v) is 11.4. The summed E-state index contributed by atoms with van der Waals surface area (Å²) in [4.78, 5) is 19.7. The van der Waals surface area contributed by atoms with Gasteiger partial charge in [0.15, 0.2) is 0 Å². The number of halogens is 2. The van der Waals surface area contributed by atoms with Crippen molar-refractivity contribution < 1.29 is 4.79 Å². The first-order valence-corrected chi connectivity index (χ1v) is 6.09. The highest BCUT2D eigenvalue weighted by molar-refractivity contribution is 9.10. The molecule has 1 heterocycles. The van der Waals surface area contributed by atoms with E-state index in [4.69, 9.17) is 17.3 Å². The van der Waals surface area contributed by atoms with Crippen molar-refractivity contribution in [2.24, 2.45) is 0 Å². The lowest BCUT2D eigenvalue weighted by atomic mass is 10.2. The zero-order valence-electron chi connectivity index (χ0n) is 9.02. The van der Waals surface area contributed by atoms with Crippen LogP contribution in [0.4, 0.5) is 11.6 Å². The van der Waals surface area contributed by atoms with Crippen LogP contribution in [-0.4, -0.2) is 15.9 Å². The minimum absolute atomic E-state index is 0.141. The van der Waals surface area contributed by atoms with Crippen molar-refractivity contribution >= 4 is 45.1 Å². The Hall–Kier alpha value is -1.66. The Morgan fingerprint density at radius 2 is 2.17 bits per heavy atom. The molecule has 0 bridgehead atoms. The molecule has 92 valence electrons. The highest BCUT2D eigenvalue weighted by Gasteiger charge is 2.13. The minimum Gasteiger partial charge on any atom is -0.398 e. The predicted molar refractivity (Wildman–Crippen MR) is 73.5 cm³/mol. The SMILES string of the molecule is Nc1cccc(C(=O)Nc2nccc(Cl)n2)c1Br. The molecule has 0 saturated carbocycles. The molecule has 1 amide bonds. The van der Waals surface area contributed by atoms with Gasteiger partial charge in [-0.3, -0.25) is 10.1 Å². The first-order chi connectivity index (χ1) is 8.58. The average Bonchev–Trinajstić information content (AvgIpc) is 2.32. The molecule has 1 aromatic carbocycles. The van der Waals surface area contributed by atoms with Gasteiger partial charge in [0.25, 0.3) is 5.91 Å². The molecule has 0 radical (unpaired) electrons. The van der Waals surface area contributed by atoms with Crippen molar-refractivity contribution in [3.8, 4) is 0 Å². The molecule has 0 spiro atoms. The van der Waals surface area contributed by atoms with E-state index in [9.17, 15) is 4.79 Å². The third-order valence-electron chi connectivity index (χ3n) is 2.12. The number of benzene rings is 1. The van der Waals surface area contributed by atoms with Gasteiger partial charge < -0.3 is 5.73 Å². The Labute approximate surface area is 117 Å². The molecule has 7 heteroatoms. The quantitative estimate of drug-likeness (QED) is 0.656. The van der Waals surface area contributed by atoms with Gasteiger partial charge in [-0.05, 0) is 34.1 Å². The molecule has 2 aromatic rings. The summed E-state index contributed by atoms with van der Waals surface area (Å²) in [6.45, 7) is 0. The molecule has 0 aliphatic heterocycles. The second-order valence-corrected chi connectivity index (χ2v) is 4.55. The van der Waals surface area contributed by atoms with Gasteiger partial charge in [-0.15, -0.1) is 0 Å². The maximum atomic E-state index is 12.0. The van der Waals surface area contributed by atoms with Crippen molar-refractivity contribution in [1.82, 2.24) is 9.97 Å². The summed E-state index contributed by atoms with van der Waals surface area (Å²) in [7, 11) is 0. The van der Waals surface area contributed by atoms with Crippen molar-refractivity contribution in [1.29, 1.82) is 0 Å². The van der Waals surface area contributed by atoms with E-state index in [0.717, 1.165) is 0 Å². The maximum absolute atomic E-state index is 12.0. The summed E-state index contributed by atoms with van der Waals surface area (Å²) in [5.41, 5.74) is 6.58. The lowest BCUT2D eigenvalue weighted by molar-refractivity contribution is 0.102. The fraction of sp³-hybridized carbons (Fsp3) is 0. The number of nitrogen functional groups attached to an aromatic ring is 1. The number of hydrogen-bond acceptors (Lipinski definition) is 4.